The van der Waals surface area contributed by atoms with Gasteiger partial charge in [-0.3, -0.25) is 4.79 Å². The fourth-order valence-corrected chi connectivity index (χ4v) is 5.99. The Hall–Kier alpha value is -2.96. The number of anilines is 1. The van der Waals surface area contributed by atoms with Crippen molar-refractivity contribution in [2.75, 3.05) is 5.43 Å². The number of hydrogen-bond acceptors (Lipinski definition) is 5. The molecule has 174 valence electrons. The lowest BCUT2D eigenvalue weighted by molar-refractivity contribution is 0.218. The summed E-state index contributed by atoms with van der Waals surface area (Å²) in [5.74, 6) is 1.01. The number of thiophene rings is 1. The van der Waals surface area contributed by atoms with Gasteiger partial charge < -0.3 is 0 Å². The maximum absolute atomic E-state index is 13.9. The third-order valence-corrected chi connectivity index (χ3v) is 7.97. The van der Waals surface area contributed by atoms with Gasteiger partial charge in [0.15, 0.2) is 0 Å². The SMILES string of the molecule is CC(C)(C)C1CCc2c(sc3nc(N/N=C/c4ccc(Cl)cc4)n(-c4ccccc4)c(=O)c23)C1. The highest BCUT2D eigenvalue weighted by Gasteiger charge is 2.32. The minimum Gasteiger partial charge on any atom is -0.268 e. The predicted molar refractivity (Wildman–Crippen MR) is 143 cm³/mol. The molecule has 0 spiro atoms. The maximum atomic E-state index is 13.9. The highest BCUT2D eigenvalue weighted by Crippen LogP contribution is 2.42. The molecule has 2 aromatic heterocycles. The van der Waals surface area contributed by atoms with Crippen molar-refractivity contribution in [3.63, 3.8) is 0 Å². The lowest BCUT2D eigenvalue weighted by Crippen LogP contribution is -2.27. The van der Waals surface area contributed by atoms with Crippen LogP contribution in [-0.2, 0) is 12.8 Å². The van der Waals surface area contributed by atoms with E-state index in [2.05, 4.69) is 31.3 Å². The number of benzene rings is 2. The van der Waals surface area contributed by atoms with Crippen molar-refractivity contribution in [2.24, 2.45) is 16.4 Å². The van der Waals surface area contributed by atoms with E-state index in [1.165, 1.54) is 10.4 Å². The number of aromatic nitrogens is 2. The second-order valence-corrected chi connectivity index (χ2v) is 11.3. The van der Waals surface area contributed by atoms with Crippen molar-refractivity contribution in [3.05, 3.63) is 86.0 Å². The molecule has 0 radical (unpaired) electrons. The highest BCUT2D eigenvalue weighted by molar-refractivity contribution is 7.18. The average Bonchev–Trinajstić information content (AvgIpc) is 3.18. The number of hydrogen-bond donors (Lipinski definition) is 1. The molecule has 7 heteroatoms. The van der Waals surface area contributed by atoms with Gasteiger partial charge in [-0.15, -0.1) is 11.3 Å². The van der Waals surface area contributed by atoms with Crippen molar-refractivity contribution in [3.8, 4) is 5.69 Å². The van der Waals surface area contributed by atoms with Gasteiger partial charge in [0.25, 0.3) is 5.56 Å². The van der Waals surface area contributed by atoms with E-state index in [-0.39, 0.29) is 11.0 Å². The highest BCUT2D eigenvalue weighted by atomic mass is 35.5. The summed E-state index contributed by atoms with van der Waals surface area (Å²) in [5, 5.41) is 5.79. The molecule has 0 saturated carbocycles. The molecule has 0 aliphatic heterocycles. The average molecular weight is 491 g/mol. The van der Waals surface area contributed by atoms with E-state index in [1.54, 1.807) is 22.1 Å². The van der Waals surface area contributed by atoms with E-state index in [0.717, 1.165) is 40.7 Å². The van der Waals surface area contributed by atoms with Gasteiger partial charge >= 0.3 is 0 Å². The summed E-state index contributed by atoms with van der Waals surface area (Å²) in [5.41, 5.74) is 6.04. The molecular weight excluding hydrogens is 464 g/mol. The molecule has 1 aliphatic carbocycles. The van der Waals surface area contributed by atoms with Gasteiger partial charge in [-0.2, -0.15) is 5.10 Å². The van der Waals surface area contributed by atoms with E-state index in [1.807, 2.05) is 54.6 Å². The van der Waals surface area contributed by atoms with Gasteiger partial charge in [0, 0.05) is 9.90 Å². The topological polar surface area (TPSA) is 59.3 Å². The van der Waals surface area contributed by atoms with Crippen LogP contribution in [0.1, 0.15) is 43.2 Å². The number of para-hydroxylation sites is 1. The Balaban J connectivity index is 1.60. The Kier molecular flexibility index (Phi) is 6.04. The molecular formula is C27H27ClN4OS. The summed E-state index contributed by atoms with van der Waals surface area (Å²) in [7, 11) is 0. The Bertz CT molecular complexity index is 1420. The Morgan fingerprint density at radius 2 is 1.88 bits per heavy atom. The summed E-state index contributed by atoms with van der Waals surface area (Å²) in [6.07, 6.45) is 4.71. The molecule has 4 aromatic rings. The van der Waals surface area contributed by atoms with E-state index in [4.69, 9.17) is 16.6 Å². The zero-order valence-electron chi connectivity index (χ0n) is 19.5. The van der Waals surface area contributed by atoms with Crippen LogP contribution >= 0.6 is 22.9 Å². The molecule has 1 atom stereocenters. The smallest absolute Gasteiger partial charge is 0.268 e. The molecule has 5 nitrogen and oxygen atoms in total. The van der Waals surface area contributed by atoms with Gasteiger partial charge in [-0.1, -0.05) is 62.7 Å². The summed E-state index contributed by atoms with van der Waals surface area (Å²) in [4.78, 5) is 20.8. The lowest BCUT2D eigenvalue weighted by Gasteiger charge is -2.33. The largest absolute Gasteiger partial charge is 0.268 e. The van der Waals surface area contributed by atoms with Crippen LogP contribution in [0.2, 0.25) is 5.02 Å². The van der Waals surface area contributed by atoms with Gasteiger partial charge in [0.2, 0.25) is 5.95 Å². The third-order valence-electron chi connectivity index (χ3n) is 6.57. The zero-order valence-corrected chi connectivity index (χ0v) is 21.1. The van der Waals surface area contributed by atoms with Crippen LogP contribution in [0.25, 0.3) is 15.9 Å². The summed E-state index contributed by atoms with van der Waals surface area (Å²) in [6.45, 7) is 6.91. The number of rotatable bonds is 4. The minimum absolute atomic E-state index is 0.0490. The molecule has 34 heavy (non-hydrogen) atoms. The predicted octanol–water partition coefficient (Wildman–Crippen LogP) is 6.70. The third kappa shape index (κ3) is 4.40. The van der Waals surface area contributed by atoms with Crippen LogP contribution in [0, 0.1) is 11.3 Å². The first-order chi connectivity index (χ1) is 16.3. The van der Waals surface area contributed by atoms with Crippen LogP contribution in [-0.4, -0.2) is 15.8 Å². The quantitative estimate of drug-likeness (QED) is 0.256. The van der Waals surface area contributed by atoms with Crippen LogP contribution in [0.15, 0.2) is 64.5 Å². The van der Waals surface area contributed by atoms with Crippen molar-refractivity contribution < 1.29 is 0 Å². The van der Waals surface area contributed by atoms with E-state index in [0.29, 0.717) is 16.9 Å². The normalized spacial score (nSPS) is 16.2. The van der Waals surface area contributed by atoms with E-state index in [9.17, 15) is 4.79 Å². The van der Waals surface area contributed by atoms with Gasteiger partial charge in [-0.25, -0.2) is 15.0 Å². The molecule has 0 fully saturated rings. The van der Waals surface area contributed by atoms with Crippen molar-refractivity contribution in [1.29, 1.82) is 0 Å². The lowest BCUT2D eigenvalue weighted by atomic mass is 9.72. The monoisotopic (exact) mass is 490 g/mol. The van der Waals surface area contributed by atoms with Gasteiger partial charge in [0.1, 0.15) is 4.83 Å². The number of aryl methyl sites for hydroxylation is 1. The maximum Gasteiger partial charge on any atom is 0.268 e. The molecule has 0 amide bonds. The fraction of sp³-hybridized carbons (Fsp3) is 0.296. The number of halogens is 1. The first kappa shape index (κ1) is 22.8. The van der Waals surface area contributed by atoms with Gasteiger partial charge in [0.05, 0.1) is 17.3 Å². The molecule has 5 rings (SSSR count). The Morgan fingerprint density at radius 1 is 1.15 bits per heavy atom. The van der Waals surface area contributed by atoms with Gasteiger partial charge in [-0.05, 0) is 66.0 Å². The van der Waals surface area contributed by atoms with Crippen LogP contribution in [0.3, 0.4) is 0 Å². The summed E-state index contributed by atoms with van der Waals surface area (Å²) in [6, 6.07) is 17.0. The summed E-state index contributed by atoms with van der Waals surface area (Å²) < 4.78 is 1.63. The van der Waals surface area contributed by atoms with Crippen LogP contribution in [0.5, 0.6) is 0 Å². The fourth-order valence-electron chi connectivity index (χ4n) is 4.57. The zero-order chi connectivity index (χ0) is 23.9. The van der Waals surface area contributed by atoms with Crippen molar-refractivity contribution >= 4 is 45.3 Å². The standard InChI is InChI=1S/C27H27ClN4OS/c1-27(2,3)18-11-14-21-22(15-18)34-24-23(21)25(33)32(20-7-5-4-6-8-20)26(30-24)31-29-16-17-9-12-19(28)13-10-17/h4-10,12-13,16,18H,11,14-15H2,1-3H3,(H,30,31)/b29-16+. The molecule has 1 aliphatic rings. The second-order valence-electron chi connectivity index (χ2n) is 9.82. The first-order valence-corrected chi connectivity index (χ1v) is 12.7. The number of hydrazone groups is 1. The minimum atomic E-state index is -0.0490. The van der Waals surface area contributed by atoms with E-state index < -0.39 is 0 Å². The number of fused-ring (bicyclic) bond motifs is 3. The molecule has 1 unspecified atom stereocenters. The molecule has 0 bridgehead atoms. The van der Waals surface area contributed by atoms with Crippen LogP contribution < -0.4 is 11.0 Å². The molecule has 2 aromatic carbocycles. The first-order valence-electron chi connectivity index (χ1n) is 11.5. The molecule has 1 N–H and O–H groups in total. The summed E-state index contributed by atoms with van der Waals surface area (Å²) >= 11 is 7.63. The Morgan fingerprint density at radius 3 is 2.59 bits per heavy atom. The van der Waals surface area contributed by atoms with Crippen molar-refractivity contribution in [2.45, 2.75) is 40.0 Å². The van der Waals surface area contributed by atoms with Crippen LogP contribution in [0.4, 0.5) is 5.95 Å². The van der Waals surface area contributed by atoms with Crippen molar-refractivity contribution in [1.82, 2.24) is 9.55 Å². The number of nitrogens with zero attached hydrogens (tertiary/aromatic N) is 3. The molecule has 0 saturated heterocycles. The van der Waals surface area contributed by atoms with E-state index >= 15 is 0 Å². The molecule has 2 heterocycles. The Labute approximate surface area is 208 Å². The number of nitrogens with one attached hydrogen (secondary N) is 1. The second kappa shape index (κ2) is 9.01.